The second kappa shape index (κ2) is 5.42. The standard InChI is InChI=1S/C14H16FN5/c15-10-1-3-12(4-2-10)18-14-17-7-5-13(19-14)20-8-6-11(16)9-20/h1-5,7,11H,6,8-9,16H2,(H,17,18,19). The summed E-state index contributed by atoms with van der Waals surface area (Å²) < 4.78 is 12.9. The van der Waals surface area contributed by atoms with E-state index in [4.69, 9.17) is 5.73 Å². The van der Waals surface area contributed by atoms with Gasteiger partial charge in [-0.3, -0.25) is 0 Å². The number of aromatic nitrogens is 2. The first-order valence-electron chi connectivity index (χ1n) is 6.57. The molecule has 0 bridgehead atoms. The lowest BCUT2D eigenvalue weighted by Crippen LogP contribution is -2.27. The van der Waals surface area contributed by atoms with Crippen molar-refractivity contribution in [2.75, 3.05) is 23.3 Å². The number of hydrogen-bond donors (Lipinski definition) is 2. The van der Waals surface area contributed by atoms with Gasteiger partial charge in [0, 0.05) is 31.0 Å². The molecule has 1 atom stereocenters. The summed E-state index contributed by atoms with van der Waals surface area (Å²) in [6, 6.07) is 8.16. The maximum absolute atomic E-state index is 12.9. The van der Waals surface area contributed by atoms with Gasteiger partial charge in [-0.2, -0.15) is 4.98 Å². The molecule has 0 radical (unpaired) electrons. The van der Waals surface area contributed by atoms with Crippen LogP contribution in [0.15, 0.2) is 36.5 Å². The largest absolute Gasteiger partial charge is 0.355 e. The highest BCUT2D eigenvalue weighted by Gasteiger charge is 2.20. The fraction of sp³-hybridized carbons (Fsp3) is 0.286. The Bertz CT molecular complexity index is 586. The van der Waals surface area contributed by atoms with Crippen LogP contribution in [0.25, 0.3) is 0 Å². The van der Waals surface area contributed by atoms with Crippen molar-refractivity contribution in [2.24, 2.45) is 5.73 Å². The zero-order valence-electron chi connectivity index (χ0n) is 11.0. The summed E-state index contributed by atoms with van der Waals surface area (Å²) in [5, 5.41) is 3.06. The minimum atomic E-state index is -0.267. The Morgan fingerprint density at radius 1 is 1.25 bits per heavy atom. The molecule has 1 aliphatic rings. The Morgan fingerprint density at radius 2 is 2.05 bits per heavy atom. The highest BCUT2D eigenvalue weighted by atomic mass is 19.1. The van der Waals surface area contributed by atoms with Crippen LogP contribution < -0.4 is 16.0 Å². The van der Waals surface area contributed by atoms with E-state index >= 15 is 0 Å². The van der Waals surface area contributed by atoms with Crippen LogP contribution >= 0.6 is 0 Å². The van der Waals surface area contributed by atoms with Crippen LogP contribution in [0.2, 0.25) is 0 Å². The molecule has 2 heterocycles. The lowest BCUT2D eigenvalue weighted by molar-refractivity contribution is 0.628. The fourth-order valence-corrected chi connectivity index (χ4v) is 2.24. The van der Waals surface area contributed by atoms with Crippen LogP contribution in [-0.4, -0.2) is 29.1 Å². The first-order valence-corrected chi connectivity index (χ1v) is 6.57. The van der Waals surface area contributed by atoms with E-state index < -0.39 is 0 Å². The smallest absolute Gasteiger partial charge is 0.229 e. The minimum Gasteiger partial charge on any atom is -0.355 e. The maximum atomic E-state index is 12.9. The molecular weight excluding hydrogens is 257 g/mol. The van der Waals surface area contributed by atoms with Crippen LogP contribution in [0.3, 0.4) is 0 Å². The molecular formula is C14H16FN5. The van der Waals surface area contributed by atoms with Gasteiger partial charge < -0.3 is 16.0 Å². The molecule has 0 saturated carbocycles. The predicted molar refractivity (Wildman–Crippen MR) is 76.5 cm³/mol. The molecule has 0 amide bonds. The molecule has 1 fully saturated rings. The number of halogens is 1. The Balaban J connectivity index is 1.75. The third-order valence-electron chi connectivity index (χ3n) is 3.29. The molecule has 1 aliphatic heterocycles. The molecule has 20 heavy (non-hydrogen) atoms. The predicted octanol–water partition coefficient (Wildman–Crippen LogP) is 1.90. The summed E-state index contributed by atoms with van der Waals surface area (Å²) in [7, 11) is 0. The monoisotopic (exact) mass is 273 g/mol. The second-order valence-electron chi connectivity index (χ2n) is 4.87. The Labute approximate surface area is 116 Å². The van der Waals surface area contributed by atoms with Crippen molar-refractivity contribution < 1.29 is 4.39 Å². The topological polar surface area (TPSA) is 67.1 Å². The fourth-order valence-electron chi connectivity index (χ4n) is 2.24. The van der Waals surface area contributed by atoms with Crippen molar-refractivity contribution in [3.63, 3.8) is 0 Å². The van der Waals surface area contributed by atoms with Gasteiger partial charge in [0.2, 0.25) is 5.95 Å². The first-order chi connectivity index (χ1) is 9.70. The molecule has 0 spiro atoms. The van der Waals surface area contributed by atoms with Crippen LogP contribution in [0.1, 0.15) is 6.42 Å². The van der Waals surface area contributed by atoms with E-state index in [-0.39, 0.29) is 11.9 Å². The van der Waals surface area contributed by atoms with Crippen LogP contribution in [-0.2, 0) is 0 Å². The molecule has 0 aliphatic carbocycles. The lowest BCUT2D eigenvalue weighted by Gasteiger charge is -2.17. The van der Waals surface area contributed by atoms with Gasteiger partial charge in [-0.25, -0.2) is 9.37 Å². The summed E-state index contributed by atoms with van der Waals surface area (Å²) >= 11 is 0. The molecule has 1 saturated heterocycles. The van der Waals surface area contributed by atoms with Crippen LogP contribution in [0.5, 0.6) is 0 Å². The minimum absolute atomic E-state index is 0.207. The first kappa shape index (κ1) is 12.8. The van der Waals surface area contributed by atoms with E-state index in [0.29, 0.717) is 5.95 Å². The van der Waals surface area contributed by atoms with E-state index in [9.17, 15) is 4.39 Å². The molecule has 6 heteroatoms. The van der Waals surface area contributed by atoms with Crippen molar-refractivity contribution >= 4 is 17.5 Å². The van der Waals surface area contributed by atoms with Crippen molar-refractivity contribution in [2.45, 2.75) is 12.5 Å². The summed E-state index contributed by atoms with van der Waals surface area (Å²) in [4.78, 5) is 10.8. The normalized spacial score (nSPS) is 18.3. The number of nitrogens with two attached hydrogens (primary N) is 1. The van der Waals surface area contributed by atoms with E-state index in [0.717, 1.165) is 31.0 Å². The number of benzene rings is 1. The second-order valence-corrected chi connectivity index (χ2v) is 4.87. The molecule has 3 N–H and O–H groups in total. The van der Waals surface area contributed by atoms with Crippen molar-refractivity contribution in [1.29, 1.82) is 0 Å². The molecule has 104 valence electrons. The molecule has 1 unspecified atom stereocenters. The van der Waals surface area contributed by atoms with E-state index in [1.54, 1.807) is 18.3 Å². The average Bonchev–Trinajstić information content (AvgIpc) is 2.89. The highest BCUT2D eigenvalue weighted by Crippen LogP contribution is 2.19. The van der Waals surface area contributed by atoms with Crippen molar-refractivity contribution in [3.05, 3.63) is 42.3 Å². The maximum Gasteiger partial charge on any atom is 0.229 e. The van der Waals surface area contributed by atoms with Gasteiger partial charge >= 0.3 is 0 Å². The van der Waals surface area contributed by atoms with Crippen LogP contribution in [0, 0.1) is 5.82 Å². The van der Waals surface area contributed by atoms with Gasteiger partial charge in [0.1, 0.15) is 11.6 Å². The summed E-state index contributed by atoms with van der Waals surface area (Å²) in [5.74, 6) is 1.09. The van der Waals surface area contributed by atoms with Gasteiger partial charge in [0.15, 0.2) is 0 Å². The summed E-state index contributed by atoms with van der Waals surface area (Å²) in [6.07, 6.45) is 2.68. The number of nitrogens with one attached hydrogen (secondary N) is 1. The molecule has 2 aromatic rings. The van der Waals surface area contributed by atoms with Crippen molar-refractivity contribution in [1.82, 2.24) is 9.97 Å². The number of hydrogen-bond acceptors (Lipinski definition) is 5. The number of anilines is 3. The average molecular weight is 273 g/mol. The highest BCUT2D eigenvalue weighted by molar-refractivity contribution is 5.55. The lowest BCUT2D eigenvalue weighted by atomic mass is 10.3. The molecule has 1 aromatic carbocycles. The van der Waals surface area contributed by atoms with Gasteiger partial charge in [0.05, 0.1) is 0 Å². The van der Waals surface area contributed by atoms with E-state index in [2.05, 4.69) is 20.2 Å². The number of rotatable bonds is 3. The Kier molecular flexibility index (Phi) is 3.47. The van der Waals surface area contributed by atoms with Crippen LogP contribution in [0.4, 0.5) is 21.8 Å². The Morgan fingerprint density at radius 3 is 2.75 bits per heavy atom. The Hall–Kier alpha value is -2.21. The van der Waals surface area contributed by atoms with Gasteiger partial charge in [0.25, 0.3) is 0 Å². The molecule has 3 rings (SSSR count). The third kappa shape index (κ3) is 2.85. The van der Waals surface area contributed by atoms with Gasteiger partial charge in [-0.1, -0.05) is 0 Å². The summed E-state index contributed by atoms with van der Waals surface area (Å²) in [5.41, 5.74) is 6.65. The van der Waals surface area contributed by atoms with Crippen molar-refractivity contribution in [3.8, 4) is 0 Å². The number of nitrogens with zero attached hydrogens (tertiary/aromatic N) is 3. The SMILES string of the molecule is NC1CCN(c2ccnc(Nc3ccc(F)cc3)n2)C1. The van der Waals surface area contributed by atoms with E-state index in [1.807, 2.05) is 6.07 Å². The third-order valence-corrected chi connectivity index (χ3v) is 3.29. The molecule has 5 nitrogen and oxygen atoms in total. The zero-order valence-corrected chi connectivity index (χ0v) is 11.0. The van der Waals surface area contributed by atoms with Gasteiger partial charge in [-0.05, 0) is 36.8 Å². The van der Waals surface area contributed by atoms with E-state index in [1.165, 1.54) is 12.1 Å². The quantitative estimate of drug-likeness (QED) is 0.894. The summed E-state index contributed by atoms with van der Waals surface area (Å²) in [6.45, 7) is 1.72. The zero-order chi connectivity index (χ0) is 13.9. The van der Waals surface area contributed by atoms with Gasteiger partial charge in [-0.15, -0.1) is 0 Å². The molecule has 1 aromatic heterocycles.